The minimum Gasteiger partial charge on any atom is -0.496 e. The largest absolute Gasteiger partial charge is 0.496 e. The molecule has 3 aliphatic rings. The van der Waals surface area contributed by atoms with Crippen LogP contribution in [0, 0.1) is 5.41 Å². The lowest BCUT2D eigenvalue weighted by molar-refractivity contribution is -0.149. The molecule has 1 aliphatic heterocycles. The number of fused-ring (bicyclic) bond motifs is 1. The summed E-state index contributed by atoms with van der Waals surface area (Å²) in [6, 6.07) is 5.29. The van der Waals surface area contributed by atoms with E-state index >= 15 is 0 Å². The van der Waals surface area contributed by atoms with E-state index < -0.39 is 16.5 Å². The van der Waals surface area contributed by atoms with Gasteiger partial charge in [0, 0.05) is 0 Å². The quantitative estimate of drug-likeness (QED) is 0.251. The molecule has 0 N–H and O–H groups in total. The summed E-state index contributed by atoms with van der Waals surface area (Å²) in [5.41, 5.74) is 0.395. The van der Waals surface area contributed by atoms with Crippen molar-refractivity contribution in [2.75, 3.05) is 20.8 Å². The van der Waals surface area contributed by atoms with Gasteiger partial charge in [0.05, 0.1) is 24.8 Å². The van der Waals surface area contributed by atoms with Crippen molar-refractivity contribution in [2.45, 2.75) is 56.4 Å². The number of ketones is 1. The lowest BCUT2D eigenvalue weighted by Crippen LogP contribution is -2.54. The van der Waals surface area contributed by atoms with Gasteiger partial charge in [-0.3, -0.25) is 9.59 Å². The first-order valence-corrected chi connectivity index (χ1v) is 11.7. The number of allylic oxidation sites excluding steroid dienone is 2. The van der Waals surface area contributed by atoms with Crippen molar-refractivity contribution < 1.29 is 28.5 Å². The molecule has 0 aromatic heterocycles. The molecule has 172 valence electrons. The molecular formula is C25H31O6P. The smallest absolute Gasteiger partial charge is 0.316 e. The summed E-state index contributed by atoms with van der Waals surface area (Å²) in [6.45, 7) is 1.97. The summed E-state index contributed by atoms with van der Waals surface area (Å²) in [4.78, 5) is 27.6. The Hall–Kier alpha value is -2.17. The molecule has 1 aromatic rings. The number of epoxide rings is 1. The highest BCUT2D eigenvalue weighted by atomic mass is 31.0. The Bertz CT molecular complexity index is 935. The molecule has 0 amide bonds. The molecular weight excluding hydrogens is 427 g/mol. The van der Waals surface area contributed by atoms with Crippen molar-refractivity contribution >= 4 is 21.0 Å². The minimum absolute atomic E-state index is 0.00618. The average molecular weight is 458 g/mol. The molecule has 2 aliphatic carbocycles. The summed E-state index contributed by atoms with van der Waals surface area (Å²) in [6.07, 6.45) is 9.93. The Morgan fingerprint density at radius 3 is 2.44 bits per heavy atom. The molecule has 4 atom stereocenters. The average Bonchev–Trinajstić information content (AvgIpc) is 3.62. The van der Waals surface area contributed by atoms with Crippen molar-refractivity contribution in [3.05, 3.63) is 47.6 Å². The number of hydrogen-bond donors (Lipinski definition) is 0. The normalized spacial score (nSPS) is 25.1. The van der Waals surface area contributed by atoms with Crippen molar-refractivity contribution in [2.24, 2.45) is 5.41 Å². The third kappa shape index (κ3) is 3.88. The van der Waals surface area contributed by atoms with Crippen molar-refractivity contribution in [1.82, 2.24) is 0 Å². The zero-order chi connectivity index (χ0) is 22.9. The van der Waals surface area contributed by atoms with Crippen LogP contribution in [-0.2, 0) is 14.3 Å². The molecule has 2 fully saturated rings. The van der Waals surface area contributed by atoms with Crippen LogP contribution in [0.25, 0.3) is 0 Å². The fourth-order valence-electron chi connectivity index (χ4n) is 5.03. The van der Waals surface area contributed by atoms with E-state index in [1.807, 2.05) is 18.2 Å². The molecule has 1 saturated carbocycles. The first kappa shape index (κ1) is 23.0. The predicted octanol–water partition coefficient (Wildman–Crippen LogP) is 4.28. The fraction of sp³-hybridized carbons (Fsp3) is 0.520. The van der Waals surface area contributed by atoms with E-state index in [2.05, 4.69) is 9.24 Å². The molecule has 1 aromatic carbocycles. The van der Waals surface area contributed by atoms with Crippen LogP contribution in [0.5, 0.6) is 11.5 Å². The molecule has 1 saturated heterocycles. The number of esters is 1. The van der Waals surface area contributed by atoms with E-state index in [0.29, 0.717) is 29.9 Å². The van der Waals surface area contributed by atoms with E-state index in [0.717, 1.165) is 24.8 Å². The SMILES string of the molecule is COc1cccc(OC)c1C(=O)C1(C(C)(P)C(=O)OCC2=CC=CC3OC23)CCCCC1. The number of carbonyl (C=O) groups is 2. The van der Waals surface area contributed by atoms with Crippen LogP contribution >= 0.6 is 9.24 Å². The lowest BCUT2D eigenvalue weighted by Gasteiger charge is -2.46. The van der Waals surface area contributed by atoms with Gasteiger partial charge in [-0.05, 0) is 37.5 Å². The van der Waals surface area contributed by atoms with Crippen LogP contribution in [-0.4, -0.2) is 49.9 Å². The summed E-state index contributed by atoms with van der Waals surface area (Å²) < 4.78 is 22.3. The van der Waals surface area contributed by atoms with E-state index in [-0.39, 0.29) is 24.6 Å². The maximum atomic E-state index is 14.2. The Kier molecular flexibility index (Phi) is 6.46. The summed E-state index contributed by atoms with van der Waals surface area (Å²) >= 11 is 0. The van der Waals surface area contributed by atoms with Crippen molar-refractivity contribution in [3.8, 4) is 11.5 Å². The first-order chi connectivity index (χ1) is 15.4. The van der Waals surface area contributed by atoms with Gasteiger partial charge in [0.25, 0.3) is 0 Å². The monoisotopic (exact) mass is 458 g/mol. The number of carbonyl (C=O) groups excluding carboxylic acids is 2. The van der Waals surface area contributed by atoms with Crippen LogP contribution in [0.4, 0.5) is 0 Å². The Labute approximate surface area is 191 Å². The maximum absolute atomic E-state index is 14.2. The Morgan fingerprint density at radius 1 is 1.16 bits per heavy atom. The second kappa shape index (κ2) is 8.99. The first-order valence-electron chi connectivity index (χ1n) is 11.1. The number of hydrogen-bond acceptors (Lipinski definition) is 6. The van der Waals surface area contributed by atoms with Crippen LogP contribution in [0.15, 0.2) is 42.0 Å². The van der Waals surface area contributed by atoms with Crippen molar-refractivity contribution in [3.63, 3.8) is 0 Å². The number of Topliss-reactive ketones (excluding diaryl/α,β-unsaturated/α-hetero) is 1. The summed E-state index contributed by atoms with van der Waals surface area (Å²) in [5, 5.41) is -1.11. The molecule has 4 unspecified atom stereocenters. The lowest BCUT2D eigenvalue weighted by atomic mass is 9.61. The molecule has 6 nitrogen and oxygen atoms in total. The van der Waals surface area contributed by atoms with E-state index in [4.69, 9.17) is 18.9 Å². The van der Waals surface area contributed by atoms with Gasteiger partial charge in [-0.25, -0.2) is 0 Å². The second-order valence-corrected chi connectivity index (χ2v) is 10.1. The topological polar surface area (TPSA) is 74.4 Å². The maximum Gasteiger partial charge on any atom is 0.316 e. The van der Waals surface area contributed by atoms with E-state index in [9.17, 15) is 9.59 Å². The molecule has 1 heterocycles. The predicted molar refractivity (Wildman–Crippen MR) is 124 cm³/mol. The van der Waals surface area contributed by atoms with Gasteiger partial charge in [-0.15, -0.1) is 9.24 Å². The Morgan fingerprint density at radius 2 is 1.81 bits per heavy atom. The third-order valence-corrected chi connectivity index (χ3v) is 7.88. The van der Waals surface area contributed by atoms with Gasteiger partial charge in [-0.2, -0.15) is 0 Å². The molecule has 32 heavy (non-hydrogen) atoms. The summed E-state index contributed by atoms with van der Waals surface area (Å²) in [7, 11) is 5.72. The van der Waals surface area contributed by atoms with Gasteiger partial charge >= 0.3 is 5.97 Å². The fourth-order valence-corrected chi connectivity index (χ4v) is 5.53. The van der Waals surface area contributed by atoms with Crippen molar-refractivity contribution in [1.29, 1.82) is 0 Å². The molecule has 4 rings (SSSR count). The number of rotatable bonds is 8. The van der Waals surface area contributed by atoms with Gasteiger partial charge in [0.15, 0.2) is 5.78 Å². The van der Waals surface area contributed by atoms with Gasteiger partial charge in [0.1, 0.15) is 35.9 Å². The number of methoxy groups -OCH3 is 2. The van der Waals surface area contributed by atoms with Gasteiger partial charge in [0.2, 0.25) is 0 Å². The van der Waals surface area contributed by atoms with E-state index in [1.54, 1.807) is 25.1 Å². The number of benzene rings is 1. The zero-order valence-electron chi connectivity index (χ0n) is 18.9. The third-order valence-electron chi connectivity index (χ3n) is 7.09. The highest BCUT2D eigenvalue weighted by molar-refractivity contribution is 7.21. The van der Waals surface area contributed by atoms with E-state index in [1.165, 1.54) is 14.2 Å². The second-order valence-electron chi connectivity index (χ2n) is 8.94. The standard InChI is InChI=1S/C25H31O6P/c1-24(32,23(27)30-15-16-9-7-12-19-21(16)31-19)25(13-5-4-6-14-25)22(26)20-17(28-2)10-8-11-18(20)29-3/h7-12,19,21H,4-6,13-15,32H2,1-3H3. The summed E-state index contributed by atoms with van der Waals surface area (Å²) in [5.74, 6) is 0.361. The molecule has 0 spiro atoms. The van der Waals surface area contributed by atoms with Crippen LogP contribution in [0.1, 0.15) is 49.4 Å². The molecule has 0 bridgehead atoms. The number of ether oxygens (including phenoxy) is 4. The molecule has 0 radical (unpaired) electrons. The highest BCUT2D eigenvalue weighted by Crippen LogP contribution is 2.54. The van der Waals surface area contributed by atoms with Crippen LogP contribution in [0.3, 0.4) is 0 Å². The highest BCUT2D eigenvalue weighted by Gasteiger charge is 2.57. The van der Waals surface area contributed by atoms with Crippen LogP contribution < -0.4 is 9.47 Å². The van der Waals surface area contributed by atoms with Gasteiger partial charge < -0.3 is 18.9 Å². The van der Waals surface area contributed by atoms with Crippen LogP contribution in [0.2, 0.25) is 0 Å². The minimum atomic E-state index is -1.11. The molecule has 7 heteroatoms. The zero-order valence-corrected chi connectivity index (χ0v) is 20.0. The van der Waals surface area contributed by atoms with Gasteiger partial charge in [-0.1, -0.05) is 43.6 Å². The Balaban J connectivity index is 1.64.